The van der Waals surface area contributed by atoms with Crippen LogP contribution in [-0.4, -0.2) is 35.3 Å². The van der Waals surface area contributed by atoms with E-state index in [-0.39, 0.29) is 23.7 Å². The molecule has 0 radical (unpaired) electrons. The van der Waals surface area contributed by atoms with E-state index in [0.717, 1.165) is 23.3 Å². The van der Waals surface area contributed by atoms with Gasteiger partial charge in [0, 0.05) is 16.6 Å². The quantitative estimate of drug-likeness (QED) is 0.521. The van der Waals surface area contributed by atoms with Crippen molar-refractivity contribution in [3.05, 3.63) is 70.6 Å². The predicted molar refractivity (Wildman–Crippen MR) is 130 cm³/mol. The maximum absolute atomic E-state index is 12.8. The van der Waals surface area contributed by atoms with Gasteiger partial charge in [-0.2, -0.15) is 5.10 Å². The number of aromatic nitrogens is 3. The maximum Gasteiger partial charge on any atom is 0.230 e. The van der Waals surface area contributed by atoms with E-state index in [1.165, 1.54) is 12.3 Å². The van der Waals surface area contributed by atoms with Crippen LogP contribution in [-0.2, 0) is 26.8 Å². The number of hydrogen-bond donors (Lipinski definition) is 2. The van der Waals surface area contributed by atoms with E-state index in [9.17, 15) is 13.2 Å². The van der Waals surface area contributed by atoms with Crippen molar-refractivity contribution in [2.75, 3.05) is 11.0 Å². The van der Waals surface area contributed by atoms with Crippen molar-refractivity contribution < 1.29 is 13.2 Å². The standard InChI is InChI=1S/C23H28ClN5O3S/c1-15(16-9-10-21(25-13-16)28-33(5,31)32)22(30)26-14-19-12-20(23(2,3)4)27-29(19)18-8-6-7-17(24)11-18/h6-13,15H,14H2,1-5H3,(H,25,28)(H,26,30). The van der Waals surface area contributed by atoms with Gasteiger partial charge >= 0.3 is 0 Å². The Hall–Kier alpha value is -2.91. The van der Waals surface area contributed by atoms with Crippen LogP contribution in [0.2, 0.25) is 5.02 Å². The first-order valence-corrected chi connectivity index (χ1v) is 12.7. The molecule has 1 amide bonds. The van der Waals surface area contributed by atoms with Crippen LogP contribution >= 0.6 is 11.6 Å². The molecule has 0 aliphatic rings. The third-order valence-corrected chi connectivity index (χ3v) is 5.83. The number of carbonyl (C=O) groups is 1. The Bertz CT molecular complexity index is 1250. The first-order chi connectivity index (χ1) is 15.3. The highest BCUT2D eigenvalue weighted by Crippen LogP contribution is 2.25. The summed E-state index contributed by atoms with van der Waals surface area (Å²) in [7, 11) is -3.41. The molecule has 0 aliphatic carbocycles. The van der Waals surface area contributed by atoms with Crippen LogP contribution in [0, 0.1) is 0 Å². The van der Waals surface area contributed by atoms with Crippen molar-refractivity contribution >= 4 is 33.3 Å². The van der Waals surface area contributed by atoms with Crippen LogP contribution in [0.25, 0.3) is 5.69 Å². The fraction of sp³-hybridized carbons (Fsp3) is 0.348. The topological polar surface area (TPSA) is 106 Å². The number of hydrogen-bond acceptors (Lipinski definition) is 5. The number of anilines is 1. The third-order valence-electron chi connectivity index (χ3n) is 5.02. The SMILES string of the molecule is CC(C(=O)NCc1cc(C(C)(C)C)nn1-c1cccc(Cl)c1)c1ccc(NS(C)(=O)=O)nc1. The molecule has 3 rings (SSSR count). The number of sulfonamides is 1. The van der Waals surface area contributed by atoms with Gasteiger partial charge in [0.1, 0.15) is 5.82 Å². The number of pyridine rings is 1. The second-order valence-electron chi connectivity index (χ2n) is 8.95. The maximum atomic E-state index is 12.8. The highest BCUT2D eigenvalue weighted by molar-refractivity contribution is 7.92. The number of benzene rings is 1. The van der Waals surface area contributed by atoms with Gasteiger partial charge in [0.2, 0.25) is 15.9 Å². The second kappa shape index (κ2) is 9.52. The van der Waals surface area contributed by atoms with Crippen LogP contribution in [0.15, 0.2) is 48.7 Å². The molecule has 0 aliphatic heterocycles. The van der Waals surface area contributed by atoms with Crippen molar-refractivity contribution in [3.8, 4) is 5.69 Å². The Balaban J connectivity index is 1.77. The minimum Gasteiger partial charge on any atom is -0.350 e. The number of nitrogens with zero attached hydrogens (tertiary/aromatic N) is 3. The van der Waals surface area contributed by atoms with Gasteiger partial charge in [-0.1, -0.05) is 44.5 Å². The van der Waals surface area contributed by atoms with E-state index in [0.29, 0.717) is 10.6 Å². The highest BCUT2D eigenvalue weighted by Gasteiger charge is 2.22. The summed E-state index contributed by atoms with van der Waals surface area (Å²) in [5.41, 5.74) is 3.05. The number of carbonyl (C=O) groups excluding carboxylic acids is 1. The van der Waals surface area contributed by atoms with E-state index >= 15 is 0 Å². The molecule has 10 heteroatoms. The van der Waals surface area contributed by atoms with Gasteiger partial charge in [-0.05, 0) is 42.8 Å². The van der Waals surface area contributed by atoms with Crippen LogP contribution in [0.3, 0.4) is 0 Å². The van der Waals surface area contributed by atoms with Crippen LogP contribution in [0.1, 0.15) is 50.6 Å². The zero-order valence-electron chi connectivity index (χ0n) is 19.3. The molecule has 1 atom stereocenters. The Morgan fingerprint density at radius 1 is 1.18 bits per heavy atom. The van der Waals surface area contributed by atoms with Crippen LogP contribution in [0.5, 0.6) is 0 Å². The number of amides is 1. The molecule has 8 nitrogen and oxygen atoms in total. The van der Waals surface area contributed by atoms with E-state index in [1.54, 1.807) is 23.7 Å². The van der Waals surface area contributed by atoms with E-state index < -0.39 is 15.9 Å². The molecule has 0 fully saturated rings. The molecular formula is C23H28ClN5O3S. The summed E-state index contributed by atoms with van der Waals surface area (Å²) in [5.74, 6) is -0.458. The molecule has 1 aromatic carbocycles. The highest BCUT2D eigenvalue weighted by atomic mass is 35.5. The van der Waals surface area contributed by atoms with Crippen LogP contribution in [0.4, 0.5) is 5.82 Å². The minimum atomic E-state index is -3.41. The molecule has 1 unspecified atom stereocenters. The Kier molecular flexibility index (Phi) is 7.14. The van der Waals surface area contributed by atoms with Gasteiger partial charge in [-0.15, -0.1) is 0 Å². The Morgan fingerprint density at radius 2 is 1.91 bits per heavy atom. The summed E-state index contributed by atoms with van der Waals surface area (Å²) in [4.78, 5) is 16.9. The smallest absolute Gasteiger partial charge is 0.230 e. The minimum absolute atomic E-state index is 0.163. The van der Waals surface area contributed by atoms with Gasteiger partial charge < -0.3 is 5.32 Å². The Labute approximate surface area is 199 Å². The van der Waals surface area contributed by atoms with Crippen molar-refractivity contribution in [2.24, 2.45) is 0 Å². The zero-order chi connectivity index (χ0) is 24.4. The normalized spacial score (nSPS) is 12.9. The zero-order valence-corrected chi connectivity index (χ0v) is 20.8. The Morgan fingerprint density at radius 3 is 2.48 bits per heavy atom. The summed E-state index contributed by atoms with van der Waals surface area (Å²) in [6, 6.07) is 12.6. The van der Waals surface area contributed by atoms with Crippen molar-refractivity contribution in [2.45, 2.75) is 45.6 Å². The first kappa shape index (κ1) is 24.7. The lowest BCUT2D eigenvalue weighted by Crippen LogP contribution is -2.28. The van der Waals surface area contributed by atoms with Gasteiger partial charge in [-0.3, -0.25) is 9.52 Å². The molecule has 2 heterocycles. The van der Waals surface area contributed by atoms with Crippen LogP contribution < -0.4 is 10.0 Å². The molecule has 2 aromatic heterocycles. The third kappa shape index (κ3) is 6.55. The van der Waals surface area contributed by atoms with Crippen molar-refractivity contribution in [1.29, 1.82) is 0 Å². The van der Waals surface area contributed by atoms with Gasteiger partial charge in [0.05, 0.1) is 35.8 Å². The molecule has 0 saturated carbocycles. The molecule has 0 saturated heterocycles. The molecule has 176 valence electrons. The molecule has 0 spiro atoms. The second-order valence-corrected chi connectivity index (χ2v) is 11.1. The predicted octanol–water partition coefficient (Wildman–Crippen LogP) is 4.01. The fourth-order valence-corrected chi connectivity index (χ4v) is 3.82. The van der Waals surface area contributed by atoms with Gasteiger partial charge in [0.15, 0.2) is 0 Å². The molecule has 0 bridgehead atoms. The van der Waals surface area contributed by atoms with Crippen molar-refractivity contribution in [1.82, 2.24) is 20.1 Å². The molecular weight excluding hydrogens is 462 g/mol. The van der Waals surface area contributed by atoms with Crippen molar-refractivity contribution in [3.63, 3.8) is 0 Å². The average molecular weight is 490 g/mol. The molecule has 2 N–H and O–H groups in total. The summed E-state index contributed by atoms with van der Waals surface area (Å²) in [5, 5.41) is 8.32. The van der Waals surface area contributed by atoms with E-state index in [4.69, 9.17) is 16.7 Å². The van der Waals surface area contributed by atoms with E-state index in [1.807, 2.05) is 24.3 Å². The lowest BCUT2D eigenvalue weighted by Gasteiger charge is -2.14. The summed E-state index contributed by atoms with van der Waals surface area (Å²) < 4.78 is 26.8. The number of nitrogens with one attached hydrogen (secondary N) is 2. The van der Waals surface area contributed by atoms with E-state index in [2.05, 4.69) is 35.8 Å². The largest absolute Gasteiger partial charge is 0.350 e. The monoisotopic (exact) mass is 489 g/mol. The van der Waals surface area contributed by atoms with Gasteiger partial charge in [0.25, 0.3) is 0 Å². The first-order valence-electron chi connectivity index (χ1n) is 10.4. The lowest BCUT2D eigenvalue weighted by atomic mass is 9.92. The molecule has 33 heavy (non-hydrogen) atoms. The number of halogens is 1. The fourth-order valence-electron chi connectivity index (χ4n) is 3.14. The summed E-state index contributed by atoms with van der Waals surface area (Å²) in [6.07, 6.45) is 2.55. The number of rotatable bonds is 7. The molecule has 3 aromatic rings. The van der Waals surface area contributed by atoms with Gasteiger partial charge in [-0.25, -0.2) is 18.1 Å². The summed E-state index contributed by atoms with van der Waals surface area (Å²) >= 11 is 6.17. The summed E-state index contributed by atoms with van der Waals surface area (Å²) in [6.45, 7) is 8.29. The average Bonchev–Trinajstić information content (AvgIpc) is 3.16. The lowest BCUT2D eigenvalue weighted by molar-refractivity contribution is -0.122.